The third kappa shape index (κ3) is 4.12. The number of pyridine rings is 1. The molecule has 1 fully saturated rings. The van der Waals surface area contributed by atoms with E-state index in [1.54, 1.807) is 12.1 Å². The molecule has 2 aromatic rings. The van der Waals surface area contributed by atoms with Gasteiger partial charge in [-0.1, -0.05) is 30.3 Å². The minimum Gasteiger partial charge on any atom is -0.506 e. The fourth-order valence-electron chi connectivity index (χ4n) is 3.10. The lowest BCUT2D eigenvalue weighted by molar-refractivity contribution is -0.0307. The van der Waals surface area contributed by atoms with E-state index >= 15 is 0 Å². The van der Waals surface area contributed by atoms with Crippen molar-refractivity contribution in [2.75, 3.05) is 19.8 Å². The summed E-state index contributed by atoms with van der Waals surface area (Å²) >= 11 is 0. The molecule has 2 heterocycles. The Morgan fingerprint density at radius 1 is 1.25 bits per heavy atom. The quantitative estimate of drug-likeness (QED) is 0.882. The van der Waals surface area contributed by atoms with Crippen molar-refractivity contribution in [3.05, 3.63) is 59.4 Å². The Kier molecular flexibility index (Phi) is 5.45. The number of aliphatic hydroxyl groups excluding tert-OH is 1. The van der Waals surface area contributed by atoms with Crippen molar-refractivity contribution in [2.45, 2.75) is 32.0 Å². The molecule has 1 aliphatic heterocycles. The summed E-state index contributed by atoms with van der Waals surface area (Å²) in [6.07, 6.45) is 0.0656. The molecule has 0 aliphatic carbocycles. The van der Waals surface area contributed by atoms with Crippen LogP contribution in [-0.4, -0.2) is 45.9 Å². The number of morpholine rings is 1. The second kappa shape index (κ2) is 7.75. The van der Waals surface area contributed by atoms with Gasteiger partial charge in [-0.2, -0.15) is 0 Å². The second-order valence-corrected chi connectivity index (χ2v) is 6.28. The van der Waals surface area contributed by atoms with Gasteiger partial charge < -0.3 is 14.9 Å². The zero-order valence-electron chi connectivity index (χ0n) is 13.9. The molecule has 0 bridgehead atoms. The molecule has 24 heavy (non-hydrogen) atoms. The van der Waals surface area contributed by atoms with Crippen molar-refractivity contribution in [3.8, 4) is 5.75 Å². The SMILES string of the molecule is Cc1ccc(O)c(CN2CCOCC2CC(O)c2ccccc2)n1. The lowest BCUT2D eigenvalue weighted by Crippen LogP contribution is -2.45. The van der Waals surface area contributed by atoms with Crippen LogP contribution in [0.25, 0.3) is 0 Å². The number of rotatable bonds is 5. The molecular formula is C19H24N2O3. The number of aromatic hydroxyl groups is 1. The number of aliphatic hydroxyl groups is 1. The van der Waals surface area contributed by atoms with Crippen LogP contribution in [0, 0.1) is 6.92 Å². The minimum absolute atomic E-state index is 0.0932. The zero-order valence-corrected chi connectivity index (χ0v) is 13.9. The lowest BCUT2D eigenvalue weighted by atomic mass is 10.0. The van der Waals surface area contributed by atoms with Crippen LogP contribution in [-0.2, 0) is 11.3 Å². The van der Waals surface area contributed by atoms with Gasteiger partial charge in [0.15, 0.2) is 0 Å². The first-order valence-electron chi connectivity index (χ1n) is 8.34. The molecule has 1 saturated heterocycles. The fraction of sp³-hybridized carbons (Fsp3) is 0.421. The van der Waals surface area contributed by atoms with Gasteiger partial charge in [-0.05, 0) is 31.0 Å². The van der Waals surface area contributed by atoms with E-state index in [-0.39, 0.29) is 11.8 Å². The van der Waals surface area contributed by atoms with E-state index in [0.29, 0.717) is 31.9 Å². The predicted octanol–water partition coefficient (Wildman–Crippen LogP) is 2.42. The van der Waals surface area contributed by atoms with E-state index < -0.39 is 6.10 Å². The zero-order chi connectivity index (χ0) is 16.9. The van der Waals surface area contributed by atoms with Gasteiger partial charge in [-0.3, -0.25) is 9.88 Å². The number of aromatic nitrogens is 1. The van der Waals surface area contributed by atoms with Gasteiger partial charge >= 0.3 is 0 Å². The average Bonchev–Trinajstić information content (AvgIpc) is 2.60. The molecule has 0 spiro atoms. The van der Waals surface area contributed by atoms with Crippen LogP contribution in [0.5, 0.6) is 5.75 Å². The Hall–Kier alpha value is -1.95. The Balaban J connectivity index is 1.70. The average molecular weight is 328 g/mol. The summed E-state index contributed by atoms with van der Waals surface area (Å²) in [7, 11) is 0. The maximum atomic E-state index is 10.5. The smallest absolute Gasteiger partial charge is 0.138 e. The predicted molar refractivity (Wildman–Crippen MR) is 91.7 cm³/mol. The third-order valence-corrected chi connectivity index (χ3v) is 4.47. The first kappa shape index (κ1) is 16.9. The highest BCUT2D eigenvalue weighted by Gasteiger charge is 2.27. The van der Waals surface area contributed by atoms with Gasteiger partial charge in [0, 0.05) is 24.8 Å². The van der Waals surface area contributed by atoms with E-state index in [1.165, 1.54) is 0 Å². The van der Waals surface area contributed by atoms with Crippen LogP contribution in [0.1, 0.15) is 29.5 Å². The highest BCUT2D eigenvalue weighted by molar-refractivity contribution is 5.27. The van der Waals surface area contributed by atoms with Crippen LogP contribution >= 0.6 is 0 Å². The second-order valence-electron chi connectivity index (χ2n) is 6.28. The molecule has 1 aromatic carbocycles. The topological polar surface area (TPSA) is 65.8 Å². The summed E-state index contributed by atoms with van der Waals surface area (Å²) in [5.74, 6) is 0.217. The Morgan fingerprint density at radius 2 is 2.04 bits per heavy atom. The van der Waals surface area contributed by atoms with Gasteiger partial charge in [-0.25, -0.2) is 0 Å². The monoisotopic (exact) mass is 328 g/mol. The molecular weight excluding hydrogens is 304 g/mol. The number of ether oxygens (including phenoxy) is 1. The molecule has 128 valence electrons. The molecule has 1 aromatic heterocycles. The standard InChI is InChI=1S/C19H24N2O3/c1-14-7-8-18(22)17(20-14)12-21-9-10-24-13-16(21)11-19(23)15-5-3-2-4-6-15/h2-8,16,19,22-23H,9-13H2,1H3. The van der Waals surface area contributed by atoms with E-state index in [1.807, 2.05) is 37.3 Å². The third-order valence-electron chi connectivity index (χ3n) is 4.47. The van der Waals surface area contributed by atoms with E-state index in [9.17, 15) is 10.2 Å². The Morgan fingerprint density at radius 3 is 2.83 bits per heavy atom. The van der Waals surface area contributed by atoms with Crippen LogP contribution in [0.2, 0.25) is 0 Å². The summed E-state index contributed by atoms with van der Waals surface area (Å²) in [4.78, 5) is 6.68. The number of nitrogens with zero attached hydrogens (tertiary/aromatic N) is 2. The maximum absolute atomic E-state index is 10.5. The number of benzene rings is 1. The number of hydrogen-bond donors (Lipinski definition) is 2. The summed E-state index contributed by atoms with van der Waals surface area (Å²) < 4.78 is 5.61. The van der Waals surface area contributed by atoms with Crippen molar-refractivity contribution in [1.29, 1.82) is 0 Å². The van der Waals surface area contributed by atoms with E-state index in [4.69, 9.17) is 4.74 Å². The van der Waals surface area contributed by atoms with Crippen molar-refractivity contribution in [1.82, 2.24) is 9.88 Å². The molecule has 2 N–H and O–H groups in total. The molecule has 2 unspecified atom stereocenters. The van der Waals surface area contributed by atoms with Crippen molar-refractivity contribution in [2.24, 2.45) is 0 Å². The first-order chi connectivity index (χ1) is 11.6. The summed E-state index contributed by atoms with van der Waals surface area (Å²) in [5, 5.41) is 20.6. The van der Waals surface area contributed by atoms with Gasteiger partial charge in [-0.15, -0.1) is 0 Å². The van der Waals surface area contributed by atoms with Crippen molar-refractivity contribution >= 4 is 0 Å². The molecule has 1 aliphatic rings. The van der Waals surface area contributed by atoms with E-state index in [2.05, 4.69) is 9.88 Å². The molecule has 0 radical (unpaired) electrons. The highest BCUT2D eigenvalue weighted by Crippen LogP contribution is 2.25. The Labute approximate surface area is 142 Å². The molecule has 0 amide bonds. The summed E-state index contributed by atoms with van der Waals surface area (Å²) in [6.45, 7) is 4.48. The number of hydrogen-bond acceptors (Lipinski definition) is 5. The first-order valence-corrected chi connectivity index (χ1v) is 8.34. The van der Waals surface area contributed by atoms with Gasteiger partial charge in [0.1, 0.15) is 5.75 Å². The normalized spacial score (nSPS) is 20.0. The van der Waals surface area contributed by atoms with E-state index in [0.717, 1.165) is 17.8 Å². The lowest BCUT2D eigenvalue weighted by Gasteiger charge is -2.36. The Bertz CT molecular complexity index is 663. The fourth-order valence-corrected chi connectivity index (χ4v) is 3.10. The van der Waals surface area contributed by atoms with Crippen molar-refractivity contribution < 1.29 is 14.9 Å². The van der Waals surface area contributed by atoms with Crippen molar-refractivity contribution in [3.63, 3.8) is 0 Å². The van der Waals surface area contributed by atoms with Crippen LogP contribution in [0.15, 0.2) is 42.5 Å². The maximum Gasteiger partial charge on any atom is 0.138 e. The summed E-state index contributed by atoms with van der Waals surface area (Å²) in [5.41, 5.74) is 2.48. The van der Waals surface area contributed by atoms with Crippen LogP contribution in [0.3, 0.4) is 0 Å². The van der Waals surface area contributed by atoms with Gasteiger partial charge in [0.05, 0.1) is 25.0 Å². The molecule has 2 atom stereocenters. The minimum atomic E-state index is -0.528. The van der Waals surface area contributed by atoms with Gasteiger partial charge in [0.2, 0.25) is 0 Å². The van der Waals surface area contributed by atoms with Crippen LogP contribution in [0.4, 0.5) is 0 Å². The van der Waals surface area contributed by atoms with Gasteiger partial charge in [0.25, 0.3) is 0 Å². The largest absolute Gasteiger partial charge is 0.506 e. The molecule has 3 rings (SSSR count). The van der Waals surface area contributed by atoms with Crippen LogP contribution < -0.4 is 0 Å². The molecule has 0 saturated carbocycles. The summed E-state index contributed by atoms with van der Waals surface area (Å²) in [6, 6.07) is 13.3. The molecule has 5 heteroatoms. The molecule has 5 nitrogen and oxygen atoms in total. The number of aryl methyl sites for hydroxylation is 1. The highest BCUT2D eigenvalue weighted by atomic mass is 16.5.